The van der Waals surface area contributed by atoms with E-state index in [1.54, 1.807) is 45.2 Å². The topological polar surface area (TPSA) is 140 Å². The smallest absolute Gasteiger partial charge is 0.349 e. The van der Waals surface area contributed by atoms with Crippen molar-refractivity contribution in [2.75, 3.05) is 13.7 Å². The average Bonchev–Trinajstić information content (AvgIpc) is 3.15. The molecule has 0 radical (unpaired) electrons. The Bertz CT molecular complexity index is 1770. The van der Waals surface area contributed by atoms with Crippen LogP contribution in [0.1, 0.15) is 75.1 Å². The monoisotopic (exact) mass is 707 g/mol. The van der Waals surface area contributed by atoms with E-state index in [9.17, 15) is 29.4 Å². The van der Waals surface area contributed by atoms with Gasteiger partial charge in [-0.25, -0.2) is 19.2 Å². The number of methoxy groups -OCH3 is 1. The molecule has 1 heterocycles. The molecule has 1 saturated carbocycles. The van der Waals surface area contributed by atoms with E-state index in [-0.39, 0.29) is 11.1 Å². The zero-order chi connectivity index (χ0) is 37.3. The van der Waals surface area contributed by atoms with Gasteiger partial charge >= 0.3 is 23.9 Å². The number of hydrogen-bond acceptors (Lipinski definition) is 8. The highest BCUT2D eigenvalue weighted by Gasteiger charge is 2.44. The van der Waals surface area contributed by atoms with Gasteiger partial charge in [0.25, 0.3) is 0 Å². The fraction of sp³-hybridized carbons (Fsp3) is 0.333. The second kappa shape index (κ2) is 17.2. The molecule has 2 N–H and O–H groups in total. The number of carbonyl (C=O) groups excluding carboxylic acids is 2. The van der Waals surface area contributed by atoms with Crippen molar-refractivity contribution in [3.63, 3.8) is 0 Å². The van der Waals surface area contributed by atoms with Crippen LogP contribution in [0.3, 0.4) is 0 Å². The van der Waals surface area contributed by atoms with Crippen LogP contribution in [0, 0.1) is 13.8 Å². The molecule has 1 aliphatic carbocycles. The molecule has 0 amide bonds. The van der Waals surface area contributed by atoms with Gasteiger partial charge in [0.05, 0.1) is 18.2 Å². The average molecular weight is 708 g/mol. The van der Waals surface area contributed by atoms with Gasteiger partial charge in [0.15, 0.2) is 0 Å². The minimum absolute atomic E-state index is 0.0332. The molecule has 0 spiro atoms. The number of aryl methyl sites for hydroxylation is 2. The fourth-order valence-electron chi connectivity index (χ4n) is 7.03. The number of carboxylic acids is 2. The third-order valence-electron chi connectivity index (χ3n) is 9.93. The van der Waals surface area contributed by atoms with Gasteiger partial charge in [-0.15, -0.1) is 0 Å². The van der Waals surface area contributed by atoms with Gasteiger partial charge in [0, 0.05) is 12.6 Å². The van der Waals surface area contributed by atoms with Crippen molar-refractivity contribution in [1.29, 1.82) is 0 Å². The van der Waals surface area contributed by atoms with Gasteiger partial charge in [0.2, 0.25) is 12.2 Å². The van der Waals surface area contributed by atoms with Gasteiger partial charge in [-0.1, -0.05) is 84.3 Å². The molecule has 4 atom stereocenters. The van der Waals surface area contributed by atoms with Crippen molar-refractivity contribution in [1.82, 2.24) is 4.90 Å². The quantitative estimate of drug-likeness (QED) is 0.157. The second-order valence-electron chi connectivity index (χ2n) is 13.5. The highest BCUT2D eigenvalue weighted by Crippen LogP contribution is 2.47. The first-order valence-electron chi connectivity index (χ1n) is 17.4. The Morgan fingerprint density at radius 2 is 1.31 bits per heavy atom. The molecule has 0 aromatic heterocycles. The maximum absolute atomic E-state index is 12.2. The predicted octanol–water partition coefficient (Wildman–Crippen LogP) is 7.01. The molecule has 2 fully saturated rings. The second-order valence-corrected chi connectivity index (χ2v) is 13.5. The van der Waals surface area contributed by atoms with E-state index >= 15 is 0 Å². The molecular weight excluding hydrogens is 662 g/mol. The summed E-state index contributed by atoms with van der Waals surface area (Å²) in [5.41, 5.74) is 5.09. The maximum atomic E-state index is 12.2. The van der Waals surface area contributed by atoms with Crippen molar-refractivity contribution in [2.24, 2.45) is 0 Å². The van der Waals surface area contributed by atoms with E-state index in [4.69, 9.17) is 14.2 Å². The summed E-state index contributed by atoms with van der Waals surface area (Å²) in [6.45, 7) is 5.89. The summed E-state index contributed by atoms with van der Waals surface area (Å²) in [6, 6.07) is 32.5. The largest absolute Gasteiger partial charge is 0.497 e. The summed E-state index contributed by atoms with van der Waals surface area (Å²) in [6.07, 6.45) is 2.14. The normalized spacial score (nSPS) is 19.2. The van der Waals surface area contributed by atoms with Gasteiger partial charge in [-0.2, -0.15) is 0 Å². The molecule has 4 aromatic rings. The number of piperidine rings is 1. The van der Waals surface area contributed by atoms with Gasteiger partial charge in [-0.05, 0) is 99.0 Å². The number of hydrogen-bond donors (Lipinski definition) is 2. The van der Waals surface area contributed by atoms with Crippen LogP contribution >= 0.6 is 0 Å². The maximum Gasteiger partial charge on any atom is 0.349 e. The summed E-state index contributed by atoms with van der Waals surface area (Å²) in [7, 11) is 1.77. The van der Waals surface area contributed by atoms with Gasteiger partial charge < -0.3 is 24.4 Å². The lowest BCUT2D eigenvalue weighted by molar-refractivity contribution is -0.166. The molecule has 272 valence electrons. The number of likely N-dealkylation sites (tertiary alicyclic amines) is 1. The molecule has 2 bridgehead atoms. The molecule has 2 aliphatic rings. The summed E-state index contributed by atoms with van der Waals surface area (Å²) in [5.74, 6) is -4.63. The standard InChI is InChI=1S/C22H27NO.C20H18O8/c1-24-21-11-5-9-19(15-21)22-12-6-10-20(16-22)23(14-13-22)17-18-7-3-2-4-8-18;1-11-3-7-13(8-4-11)19(25)27-15(17(21)22)16(18(23)24)28-20(26)14-9-5-12(2)6-10-14/h2-5,7-9,11,15,20H,6,10,12-14,16-17H2,1H3;3-10,15-16H,1-2H3,(H,21,22)(H,23,24)/t20-,22+;15-,16-/m10/s1. The third kappa shape index (κ3) is 9.44. The minimum atomic E-state index is -2.22. The third-order valence-corrected chi connectivity index (χ3v) is 9.93. The highest BCUT2D eigenvalue weighted by molar-refractivity contribution is 5.95. The molecule has 0 unspecified atom stereocenters. The Kier molecular flexibility index (Phi) is 12.5. The molecule has 4 aromatic carbocycles. The SMILES string of the molecule is COc1cccc([C@]23CCC[C@H](C2)N(Cc2ccccc2)CC3)c1.Cc1ccc(C(=O)O[C@H](C(=O)O)[C@H](OC(=O)c2ccc(C)cc2)C(=O)O)cc1. The van der Waals surface area contributed by atoms with Crippen molar-refractivity contribution in [3.05, 3.63) is 137 Å². The van der Waals surface area contributed by atoms with Crippen LogP contribution in [0.5, 0.6) is 5.75 Å². The van der Waals surface area contributed by atoms with E-state index < -0.39 is 36.1 Å². The molecule has 52 heavy (non-hydrogen) atoms. The van der Waals surface area contributed by atoms with Crippen LogP contribution in [0.15, 0.2) is 103 Å². The molecule has 6 rings (SSSR count). The summed E-state index contributed by atoms with van der Waals surface area (Å²) >= 11 is 0. The zero-order valence-electron chi connectivity index (χ0n) is 29.7. The summed E-state index contributed by atoms with van der Waals surface area (Å²) in [4.78, 5) is 50.1. The molecule has 10 nitrogen and oxygen atoms in total. The number of benzene rings is 4. The van der Waals surface area contributed by atoms with E-state index in [0.717, 1.165) is 29.5 Å². The van der Waals surface area contributed by atoms with Crippen molar-refractivity contribution >= 4 is 23.9 Å². The molecular formula is C42H45NO9. The fourth-order valence-corrected chi connectivity index (χ4v) is 7.03. The van der Waals surface area contributed by atoms with Crippen LogP contribution in [0.2, 0.25) is 0 Å². The lowest BCUT2D eigenvalue weighted by atomic mass is 9.63. The van der Waals surface area contributed by atoms with E-state index in [1.807, 2.05) is 0 Å². The first-order chi connectivity index (χ1) is 25.0. The number of rotatable bonds is 11. The number of esters is 2. The Morgan fingerprint density at radius 3 is 1.83 bits per heavy atom. The number of carboxylic acid groups (broad SMARTS) is 2. The first kappa shape index (κ1) is 37.8. The predicted molar refractivity (Wildman–Crippen MR) is 194 cm³/mol. The molecule has 1 aliphatic heterocycles. The summed E-state index contributed by atoms with van der Waals surface area (Å²) in [5, 5.41) is 18.6. The van der Waals surface area contributed by atoms with Crippen LogP contribution in [0.25, 0.3) is 0 Å². The zero-order valence-corrected chi connectivity index (χ0v) is 29.7. The van der Waals surface area contributed by atoms with Crippen LogP contribution in [0.4, 0.5) is 0 Å². The number of carbonyl (C=O) groups is 4. The summed E-state index contributed by atoms with van der Waals surface area (Å²) < 4.78 is 15.1. The lowest BCUT2D eigenvalue weighted by Crippen LogP contribution is -2.51. The van der Waals surface area contributed by atoms with E-state index in [0.29, 0.717) is 5.41 Å². The van der Waals surface area contributed by atoms with Crippen molar-refractivity contribution in [3.8, 4) is 5.75 Å². The minimum Gasteiger partial charge on any atom is -0.497 e. The Morgan fingerprint density at radius 1 is 0.750 bits per heavy atom. The van der Waals surface area contributed by atoms with Crippen LogP contribution < -0.4 is 4.74 Å². The van der Waals surface area contributed by atoms with Gasteiger partial charge in [0.1, 0.15) is 5.75 Å². The molecule has 10 heteroatoms. The van der Waals surface area contributed by atoms with Crippen LogP contribution in [-0.2, 0) is 31.0 Å². The Hall–Kier alpha value is -5.48. The lowest BCUT2D eigenvalue weighted by Gasteiger charge is -2.51. The number of ether oxygens (including phenoxy) is 3. The van der Waals surface area contributed by atoms with Gasteiger partial charge in [-0.3, -0.25) is 4.90 Å². The number of nitrogens with zero attached hydrogens (tertiary/aromatic N) is 1. The number of aliphatic carboxylic acids is 2. The van der Waals surface area contributed by atoms with E-state index in [1.165, 1.54) is 74.0 Å². The Labute approximate surface area is 304 Å². The van der Waals surface area contributed by atoms with E-state index in [2.05, 4.69) is 59.5 Å². The highest BCUT2D eigenvalue weighted by atomic mass is 16.6. The molecule has 1 saturated heterocycles. The van der Waals surface area contributed by atoms with Crippen molar-refractivity contribution in [2.45, 2.75) is 76.2 Å². The Balaban J connectivity index is 0.000000203. The van der Waals surface area contributed by atoms with Crippen LogP contribution in [-0.4, -0.2) is 70.9 Å². The van der Waals surface area contributed by atoms with Crippen molar-refractivity contribution < 1.29 is 43.6 Å². The number of fused-ring (bicyclic) bond motifs is 2. The first-order valence-corrected chi connectivity index (χ1v) is 17.4.